The van der Waals surface area contributed by atoms with Gasteiger partial charge in [-0.15, -0.1) is 11.3 Å². The van der Waals surface area contributed by atoms with Crippen LogP contribution < -0.4 is 15.2 Å². The zero-order valence-electron chi connectivity index (χ0n) is 16.4. The predicted molar refractivity (Wildman–Crippen MR) is 120 cm³/mol. The molecule has 0 saturated carbocycles. The van der Waals surface area contributed by atoms with Gasteiger partial charge in [-0.3, -0.25) is 0 Å². The Kier molecular flexibility index (Phi) is 5.52. The number of thiophene rings is 1. The minimum Gasteiger partial charge on any atom is -0.477 e. The van der Waals surface area contributed by atoms with E-state index in [1.165, 1.54) is 18.2 Å². The zero-order valence-corrected chi connectivity index (χ0v) is 18.0. The first-order valence-electron chi connectivity index (χ1n) is 9.35. The van der Waals surface area contributed by atoms with E-state index < -0.39 is 16.1 Å². The van der Waals surface area contributed by atoms with Crippen LogP contribution in [0.2, 0.25) is 0 Å². The summed E-state index contributed by atoms with van der Waals surface area (Å²) in [7, 11) is -4.02. The molecule has 4 aromatic rings. The molecule has 1 unspecified atom stereocenters. The molecule has 0 radical (unpaired) electrons. The second kappa shape index (κ2) is 8.14. The summed E-state index contributed by atoms with van der Waals surface area (Å²) in [4.78, 5) is 16.3. The second-order valence-electron chi connectivity index (χ2n) is 6.97. The number of benzene rings is 2. The number of carboxylic acid groups (broad SMARTS) is 1. The van der Waals surface area contributed by atoms with E-state index in [1.807, 2.05) is 6.92 Å². The molecule has 0 aliphatic carbocycles. The highest BCUT2D eigenvalue weighted by atomic mass is 32.2. The van der Waals surface area contributed by atoms with Gasteiger partial charge in [-0.2, -0.15) is 8.42 Å². The van der Waals surface area contributed by atoms with Crippen LogP contribution in [0, 0.1) is 0 Å². The average Bonchev–Trinajstić information content (AvgIpc) is 3.12. The molecule has 0 amide bonds. The van der Waals surface area contributed by atoms with Gasteiger partial charge in [-0.25, -0.2) is 9.78 Å². The molecule has 2 aromatic carbocycles. The summed E-state index contributed by atoms with van der Waals surface area (Å²) in [6, 6.07) is 14.2. The lowest BCUT2D eigenvalue weighted by molar-refractivity contribution is 0.0703. The zero-order chi connectivity index (χ0) is 22.2. The lowest BCUT2D eigenvalue weighted by atomic mass is 10.1. The second-order valence-corrected chi connectivity index (χ2v) is 9.57. The van der Waals surface area contributed by atoms with Gasteiger partial charge in [0.25, 0.3) is 0 Å². The van der Waals surface area contributed by atoms with Crippen LogP contribution in [0.1, 0.15) is 16.6 Å². The molecule has 0 aliphatic rings. The Balaban J connectivity index is 1.80. The third-order valence-electron chi connectivity index (χ3n) is 4.52. The van der Waals surface area contributed by atoms with E-state index in [0.717, 1.165) is 16.0 Å². The summed E-state index contributed by atoms with van der Waals surface area (Å²) in [6.45, 7) is 2.21. The molecule has 0 spiro atoms. The number of pyridine rings is 1. The van der Waals surface area contributed by atoms with Crippen LogP contribution in [0.5, 0.6) is 5.88 Å². The largest absolute Gasteiger partial charge is 0.477 e. The highest BCUT2D eigenvalue weighted by Crippen LogP contribution is 2.40. The van der Waals surface area contributed by atoms with Crippen molar-refractivity contribution in [2.75, 3.05) is 11.9 Å². The van der Waals surface area contributed by atoms with Crippen LogP contribution in [-0.4, -0.2) is 37.1 Å². The molecular formula is C21H19N3O5S2. The fourth-order valence-electron chi connectivity index (χ4n) is 3.16. The first kappa shape index (κ1) is 21.0. The lowest BCUT2D eigenvalue weighted by Gasteiger charge is -2.11. The van der Waals surface area contributed by atoms with E-state index in [1.54, 1.807) is 36.4 Å². The molecule has 31 heavy (non-hydrogen) atoms. The van der Waals surface area contributed by atoms with Crippen molar-refractivity contribution in [1.82, 2.24) is 4.98 Å². The summed E-state index contributed by atoms with van der Waals surface area (Å²) in [5.41, 5.74) is 6.78. The van der Waals surface area contributed by atoms with Gasteiger partial charge in [0, 0.05) is 34.1 Å². The number of rotatable bonds is 7. The predicted octanol–water partition coefficient (Wildman–Crippen LogP) is 3.67. The van der Waals surface area contributed by atoms with Gasteiger partial charge >= 0.3 is 16.1 Å². The van der Waals surface area contributed by atoms with Crippen molar-refractivity contribution < 1.29 is 22.5 Å². The normalized spacial score (nSPS) is 12.7. The quantitative estimate of drug-likeness (QED) is 0.358. The molecule has 0 fully saturated rings. The third-order valence-corrected chi connectivity index (χ3v) is 6.90. The minimum absolute atomic E-state index is 0.0266. The van der Waals surface area contributed by atoms with Gasteiger partial charge in [0.1, 0.15) is 9.77 Å². The number of carbonyl (C=O) groups is 1. The molecule has 1 atom stereocenters. The summed E-state index contributed by atoms with van der Waals surface area (Å²) >= 11 is 1.15. The van der Waals surface area contributed by atoms with Crippen molar-refractivity contribution in [3.05, 3.63) is 59.5 Å². The smallest absolute Gasteiger partial charge is 0.348 e. The van der Waals surface area contributed by atoms with E-state index in [4.69, 9.17) is 9.92 Å². The maximum atomic E-state index is 12.5. The molecule has 4 rings (SSSR count). The Labute approximate surface area is 182 Å². The molecule has 0 aliphatic heterocycles. The van der Waals surface area contributed by atoms with E-state index >= 15 is 0 Å². The molecule has 0 bridgehead atoms. The lowest BCUT2D eigenvalue weighted by Crippen LogP contribution is -2.25. The average molecular weight is 458 g/mol. The molecule has 10 heteroatoms. The van der Waals surface area contributed by atoms with Gasteiger partial charge in [0.15, 0.2) is 0 Å². The molecule has 2 heterocycles. The van der Waals surface area contributed by atoms with Gasteiger partial charge < -0.3 is 20.3 Å². The van der Waals surface area contributed by atoms with Crippen LogP contribution in [0.15, 0.2) is 59.5 Å². The summed E-state index contributed by atoms with van der Waals surface area (Å²) < 4.78 is 30.9. The number of anilines is 1. The number of hydrogen-bond acceptors (Lipinski definition) is 8. The molecule has 8 nitrogen and oxygen atoms in total. The number of fused-ring (bicyclic) bond motifs is 3. The van der Waals surface area contributed by atoms with Crippen molar-refractivity contribution in [3.8, 4) is 5.88 Å². The SMILES string of the molecule is CC(N)CNc1c(C(=O)O)sc2ccc3nc(OS(=O)(=O)c4ccccc4)ccc3c12. The number of nitrogens with two attached hydrogens (primary N) is 1. The summed E-state index contributed by atoms with van der Waals surface area (Å²) in [5.74, 6) is -1.11. The van der Waals surface area contributed by atoms with Crippen molar-refractivity contribution >= 4 is 54.1 Å². The molecule has 4 N–H and O–H groups in total. The van der Waals surface area contributed by atoms with Crippen molar-refractivity contribution in [2.45, 2.75) is 17.9 Å². The maximum Gasteiger partial charge on any atom is 0.348 e. The number of nitrogens with zero attached hydrogens (tertiary/aromatic N) is 1. The van der Waals surface area contributed by atoms with Crippen molar-refractivity contribution in [3.63, 3.8) is 0 Å². The highest BCUT2D eigenvalue weighted by Gasteiger charge is 2.21. The van der Waals surface area contributed by atoms with E-state index in [-0.39, 0.29) is 21.7 Å². The Morgan fingerprint density at radius 1 is 1.19 bits per heavy atom. The van der Waals surface area contributed by atoms with Gasteiger partial charge in [0.05, 0.1) is 11.2 Å². The Bertz CT molecular complexity index is 1380. The van der Waals surface area contributed by atoms with Crippen LogP contribution in [-0.2, 0) is 10.1 Å². The fraction of sp³-hybridized carbons (Fsp3) is 0.143. The third kappa shape index (κ3) is 4.18. The van der Waals surface area contributed by atoms with Gasteiger partial charge in [-0.05, 0) is 37.3 Å². The Morgan fingerprint density at radius 3 is 2.61 bits per heavy atom. The van der Waals surface area contributed by atoms with Crippen LogP contribution in [0.3, 0.4) is 0 Å². The van der Waals surface area contributed by atoms with Gasteiger partial charge in [0.2, 0.25) is 5.88 Å². The van der Waals surface area contributed by atoms with E-state index in [0.29, 0.717) is 28.5 Å². The number of aromatic carboxylic acids is 1. The summed E-state index contributed by atoms with van der Waals surface area (Å²) in [5, 5.41) is 14.1. The van der Waals surface area contributed by atoms with Crippen molar-refractivity contribution in [2.24, 2.45) is 5.73 Å². The molecule has 0 saturated heterocycles. The number of aromatic nitrogens is 1. The Hall–Kier alpha value is -3.21. The maximum absolute atomic E-state index is 12.5. The van der Waals surface area contributed by atoms with Crippen LogP contribution in [0.4, 0.5) is 5.69 Å². The number of carboxylic acids is 1. The number of hydrogen-bond donors (Lipinski definition) is 3. The minimum atomic E-state index is -4.02. The van der Waals surface area contributed by atoms with Gasteiger partial charge in [-0.1, -0.05) is 18.2 Å². The van der Waals surface area contributed by atoms with Crippen LogP contribution in [0.25, 0.3) is 21.0 Å². The van der Waals surface area contributed by atoms with E-state index in [2.05, 4.69) is 10.3 Å². The Morgan fingerprint density at radius 2 is 1.94 bits per heavy atom. The van der Waals surface area contributed by atoms with Crippen molar-refractivity contribution in [1.29, 1.82) is 0 Å². The number of nitrogens with one attached hydrogen (secondary N) is 1. The molecule has 2 aromatic heterocycles. The standard InChI is InChI=1S/C21H19N3O5S2/c1-12(22)11-23-19-18-14-7-10-17(29-31(27,28)13-5-3-2-4-6-13)24-15(14)8-9-16(18)30-20(19)21(25)26/h2-10,12,23H,11,22H2,1H3,(H,25,26). The van der Waals surface area contributed by atoms with E-state index in [9.17, 15) is 18.3 Å². The monoisotopic (exact) mass is 457 g/mol. The molecular weight excluding hydrogens is 438 g/mol. The summed E-state index contributed by atoms with van der Waals surface area (Å²) in [6.07, 6.45) is 0. The highest BCUT2D eigenvalue weighted by molar-refractivity contribution is 7.87. The first-order valence-corrected chi connectivity index (χ1v) is 11.6. The topological polar surface area (TPSA) is 132 Å². The first-order chi connectivity index (χ1) is 14.8. The van der Waals surface area contributed by atoms with Crippen LogP contribution >= 0.6 is 11.3 Å². The fourth-order valence-corrected chi connectivity index (χ4v) is 5.10. The molecule has 160 valence electrons.